The lowest BCUT2D eigenvalue weighted by atomic mass is 10.1. The van der Waals surface area contributed by atoms with Crippen LogP contribution in [0.25, 0.3) is 10.9 Å². The van der Waals surface area contributed by atoms with Crippen LogP contribution in [0, 0.1) is 6.92 Å². The van der Waals surface area contributed by atoms with Crippen LogP contribution in [-0.4, -0.2) is 4.98 Å². The van der Waals surface area contributed by atoms with Gasteiger partial charge in [-0.15, -0.1) is 0 Å². The molecule has 1 heterocycles. The average molecular weight is 318 g/mol. The first kappa shape index (κ1) is 14.0. The minimum absolute atomic E-state index is 0.557. The van der Waals surface area contributed by atoms with Crippen LogP contribution >= 0.6 is 23.2 Å². The molecule has 0 aliphatic rings. The molecule has 3 aromatic rings. The minimum Gasteiger partial charge on any atom is -0.396 e. The van der Waals surface area contributed by atoms with Crippen molar-refractivity contribution in [2.24, 2.45) is 0 Å². The lowest BCUT2D eigenvalue weighted by molar-refractivity contribution is 1.40. The van der Waals surface area contributed by atoms with Gasteiger partial charge in [-0.3, -0.25) is 4.98 Å². The molecule has 0 bridgehead atoms. The number of rotatable bonds is 2. The highest BCUT2D eigenvalue weighted by atomic mass is 35.5. The predicted octanol–water partition coefficient (Wildman–Crippen LogP) is 5.18. The number of nitrogens with two attached hydrogens (primary N) is 1. The van der Waals surface area contributed by atoms with Crippen LogP contribution in [-0.2, 0) is 0 Å². The second-order valence-corrected chi connectivity index (χ2v) is 5.63. The summed E-state index contributed by atoms with van der Waals surface area (Å²) in [6.45, 7) is 1.91. The number of nitrogen functional groups attached to an aromatic ring is 1. The van der Waals surface area contributed by atoms with Crippen molar-refractivity contribution in [2.75, 3.05) is 11.1 Å². The maximum absolute atomic E-state index is 6.28. The fraction of sp³-hybridized carbons (Fsp3) is 0.0625. The molecule has 0 saturated carbocycles. The molecule has 0 aliphatic carbocycles. The summed E-state index contributed by atoms with van der Waals surface area (Å²) < 4.78 is 0. The zero-order valence-corrected chi connectivity index (χ0v) is 12.8. The van der Waals surface area contributed by atoms with Crippen LogP contribution in [0.2, 0.25) is 10.0 Å². The van der Waals surface area contributed by atoms with E-state index in [2.05, 4.69) is 10.3 Å². The highest BCUT2D eigenvalue weighted by Gasteiger charge is 2.10. The van der Waals surface area contributed by atoms with E-state index in [1.807, 2.05) is 37.3 Å². The maximum atomic E-state index is 6.28. The number of aryl methyl sites for hydroxylation is 1. The summed E-state index contributed by atoms with van der Waals surface area (Å²) in [7, 11) is 0. The van der Waals surface area contributed by atoms with Crippen molar-refractivity contribution in [1.29, 1.82) is 0 Å². The van der Waals surface area contributed by atoms with Crippen LogP contribution in [0.3, 0.4) is 0 Å². The van der Waals surface area contributed by atoms with E-state index < -0.39 is 0 Å². The summed E-state index contributed by atoms with van der Waals surface area (Å²) >= 11 is 12.4. The molecule has 0 radical (unpaired) electrons. The highest BCUT2D eigenvalue weighted by Crippen LogP contribution is 2.35. The number of hydrogen-bond donors (Lipinski definition) is 2. The van der Waals surface area contributed by atoms with E-state index in [1.54, 1.807) is 12.3 Å². The normalized spacial score (nSPS) is 10.8. The lowest BCUT2D eigenvalue weighted by Gasteiger charge is -2.14. The summed E-state index contributed by atoms with van der Waals surface area (Å²) in [4.78, 5) is 4.31. The van der Waals surface area contributed by atoms with Gasteiger partial charge >= 0.3 is 0 Å². The summed E-state index contributed by atoms with van der Waals surface area (Å²) in [6, 6.07) is 11.4. The Hall–Kier alpha value is -1.97. The number of fused-ring (bicyclic) bond motifs is 1. The van der Waals surface area contributed by atoms with E-state index in [0.717, 1.165) is 27.8 Å². The van der Waals surface area contributed by atoms with Crippen LogP contribution < -0.4 is 11.1 Å². The van der Waals surface area contributed by atoms with Gasteiger partial charge in [0.1, 0.15) is 0 Å². The first-order chi connectivity index (χ1) is 10.1. The monoisotopic (exact) mass is 317 g/mol. The first-order valence-electron chi connectivity index (χ1n) is 6.42. The van der Waals surface area contributed by atoms with Crippen LogP contribution in [0.4, 0.5) is 17.1 Å². The third-order valence-electron chi connectivity index (χ3n) is 3.31. The molecule has 0 amide bonds. The maximum Gasteiger partial charge on any atom is 0.0746 e. The number of nitrogens with zero attached hydrogens (tertiary/aromatic N) is 1. The van der Waals surface area contributed by atoms with E-state index in [0.29, 0.717) is 15.7 Å². The number of halogens is 2. The van der Waals surface area contributed by atoms with Crippen molar-refractivity contribution in [3.8, 4) is 0 Å². The number of para-hydroxylation sites is 1. The van der Waals surface area contributed by atoms with Gasteiger partial charge < -0.3 is 11.1 Å². The lowest BCUT2D eigenvalue weighted by Crippen LogP contribution is -1.99. The molecular weight excluding hydrogens is 305 g/mol. The van der Waals surface area contributed by atoms with Crippen molar-refractivity contribution in [2.45, 2.75) is 6.92 Å². The predicted molar refractivity (Wildman–Crippen MR) is 90.6 cm³/mol. The molecule has 5 heteroatoms. The van der Waals surface area contributed by atoms with Gasteiger partial charge in [0.05, 0.1) is 33.8 Å². The van der Waals surface area contributed by atoms with Crippen molar-refractivity contribution in [3.63, 3.8) is 0 Å². The van der Waals surface area contributed by atoms with Crippen molar-refractivity contribution in [1.82, 2.24) is 4.98 Å². The molecule has 0 aliphatic heterocycles. The van der Waals surface area contributed by atoms with Crippen LogP contribution in [0.5, 0.6) is 0 Å². The number of nitrogens with one attached hydrogen (secondary N) is 1. The van der Waals surface area contributed by atoms with E-state index in [1.165, 1.54) is 0 Å². The van der Waals surface area contributed by atoms with Gasteiger partial charge in [0.15, 0.2) is 0 Å². The Bertz CT molecular complexity index is 831. The molecule has 1 aromatic heterocycles. The number of aromatic nitrogens is 1. The van der Waals surface area contributed by atoms with Gasteiger partial charge in [0.25, 0.3) is 0 Å². The third kappa shape index (κ3) is 2.62. The van der Waals surface area contributed by atoms with Gasteiger partial charge in [0, 0.05) is 10.4 Å². The van der Waals surface area contributed by atoms with E-state index in [-0.39, 0.29) is 0 Å². The van der Waals surface area contributed by atoms with E-state index in [9.17, 15) is 0 Å². The van der Waals surface area contributed by atoms with Gasteiger partial charge in [-0.2, -0.15) is 0 Å². The Balaban J connectivity index is 2.14. The number of benzene rings is 2. The molecule has 3 rings (SSSR count). The molecular formula is C16H13Cl2N3. The first-order valence-corrected chi connectivity index (χ1v) is 7.18. The Morgan fingerprint density at radius 2 is 1.86 bits per heavy atom. The van der Waals surface area contributed by atoms with Crippen molar-refractivity contribution < 1.29 is 0 Å². The molecule has 0 atom stereocenters. The summed E-state index contributed by atoms with van der Waals surface area (Å²) in [6.07, 6.45) is 1.63. The quantitative estimate of drug-likeness (QED) is 0.685. The van der Waals surface area contributed by atoms with E-state index >= 15 is 0 Å². The molecule has 0 unspecified atom stereocenters. The Morgan fingerprint density at radius 3 is 2.67 bits per heavy atom. The average Bonchev–Trinajstić information content (AvgIpc) is 2.47. The molecule has 106 valence electrons. The zero-order chi connectivity index (χ0) is 15.0. The van der Waals surface area contributed by atoms with Crippen molar-refractivity contribution in [3.05, 3.63) is 58.2 Å². The number of anilines is 3. The molecule has 3 nitrogen and oxygen atoms in total. The fourth-order valence-electron chi connectivity index (χ4n) is 2.17. The highest BCUT2D eigenvalue weighted by molar-refractivity contribution is 6.36. The topological polar surface area (TPSA) is 50.9 Å². The van der Waals surface area contributed by atoms with Gasteiger partial charge in [-0.25, -0.2) is 0 Å². The Kier molecular flexibility index (Phi) is 3.62. The van der Waals surface area contributed by atoms with Crippen molar-refractivity contribution >= 4 is 51.2 Å². The second-order valence-electron chi connectivity index (χ2n) is 4.81. The number of pyridine rings is 1. The Morgan fingerprint density at radius 1 is 1.10 bits per heavy atom. The molecule has 2 aromatic carbocycles. The minimum atomic E-state index is 0.557. The molecule has 0 fully saturated rings. The molecule has 0 spiro atoms. The Labute approximate surface area is 132 Å². The molecule has 3 N–H and O–H groups in total. The smallest absolute Gasteiger partial charge is 0.0746 e. The van der Waals surface area contributed by atoms with Crippen LogP contribution in [0.15, 0.2) is 42.6 Å². The summed E-state index contributed by atoms with van der Waals surface area (Å²) in [5.74, 6) is 0. The third-order valence-corrected chi connectivity index (χ3v) is 4.03. The zero-order valence-electron chi connectivity index (χ0n) is 11.3. The van der Waals surface area contributed by atoms with Gasteiger partial charge in [0.2, 0.25) is 0 Å². The second kappa shape index (κ2) is 5.43. The van der Waals surface area contributed by atoms with Gasteiger partial charge in [-0.05, 0) is 30.7 Å². The number of hydrogen-bond acceptors (Lipinski definition) is 3. The molecule has 0 saturated heterocycles. The largest absolute Gasteiger partial charge is 0.396 e. The van der Waals surface area contributed by atoms with E-state index in [4.69, 9.17) is 28.9 Å². The summed E-state index contributed by atoms with van der Waals surface area (Å²) in [5.41, 5.74) is 9.90. The fourth-order valence-corrected chi connectivity index (χ4v) is 2.60. The standard InChI is InChI=1S/C16H13Cl2N3/c1-9-6-12(18)15(7-11(9)17)21-16-10-4-2-3-5-14(10)20-8-13(16)19/h2-8H,19H2,1H3,(H,20,21). The SMILES string of the molecule is Cc1cc(Cl)c(Nc2c(N)cnc3ccccc23)cc1Cl. The molecule has 21 heavy (non-hydrogen) atoms. The van der Waals surface area contributed by atoms with Gasteiger partial charge in [-0.1, -0.05) is 41.4 Å². The summed E-state index contributed by atoms with van der Waals surface area (Å²) in [5, 5.41) is 5.45. The van der Waals surface area contributed by atoms with Crippen LogP contribution in [0.1, 0.15) is 5.56 Å².